The first-order valence-corrected chi connectivity index (χ1v) is 6.81. The van der Waals surface area contributed by atoms with Crippen molar-refractivity contribution in [2.45, 2.75) is 12.8 Å². The van der Waals surface area contributed by atoms with E-state index < -0.39 is 0 Å². The van der Waals surface area contributed by atoms with Crippen molar-refractivity contribution in [1.29, 1.82) is 0 Å². The molecule has 1 N–H and O–H groups in total. The van der Waals surface area contributed by atoms with E-state index in [1.165, 1.54) is 5.56 Å². The van der Waals surface area contributed by atoms with Crippen LogP contribution in [0.1, 0.15) is 12.0 Å². The van der Waals surface area contributed by atoms with Gasteiger partial charge in [-0.25, -0.2) is 0 Å². The molecule has 0 bridgehead atoms. The Kier molecular flexibility index (Phi) is 3.14. The second kappa shape index (κ2) is 4.78. The molecule has 0 amide bonds. The van der Waals surface area contributed by atoms with Crippen molar-refractivity contribution in [2.24, 2.45) is 0 Å². The number of halogens is 1. The van der Waals surface area contributed by atoms with Gasteiger partial charge in [0.1, 0.15) is 11.2 Å². The summed E-state index contributed by atoms with van der Waals surface area (Å²) in [5.41, 5.74) is 3.10. The number of fused-ring (bicyclic) bond motifs is 2. The maximum Gasteiger partial charge on any atom is 0.149 e. The summed E-state index contributed by atoms with van der Waals surface area (Å²) in [5.74, 6) is 0. The van der Waals surface area contributed by atoms with Crippen molar-refractivity contribution < 1.29 is 8.83 Å². The number of rotatable bonds is 4. The van der Waals surface area contributed by atoms with Crippen molar-refractivity contribution in [1.82, 2.24) is 5.32 Å². The van der Waals surface area contributed by atoms with E-state index in [0.717, 1.165) is 45.8 Å². The number of furan rings is 2. The maximum absolute atomic E-state index is 5.65. The highest BCUT2D eigenvalue weighted by molar-refractivity contribution is 9.10. The van der Waals surface area contributed by atoms with Gasteiger partial charge in [0.15, 0.2) is 0 Å². The number of benzene rings is 1. The summed E-state index contributed by atoms with van der Waals surface area (Å²) in [4.78, 5) is 0. The van der Waals surface area contributed by atoms with Crippen LogP contribution in [0.3, 0.4) is 0 Å². The minimum absolute atomic E-state index is 0.906. The molecular formula is C14H14BrNO2. The SMILES string of the molecule is CNCCCc1c2ccoc2c(Br)c2ccoc12. The number of nitrogens with one attached hydrogen (secondary N) is 1. The molecule has 0 fully saturated rings. The normalized spacial score (nSPS) is 11.7. The predicted octanol–water partition coefficient (Wildman–Crippen LogP) is 4.09. The predicted molar refractivity (Wildman–Crippen MR) is 75.9 cm³/mol. The van der Waals surface area contributed by atoms with E-state index in [1.807, 2.05) is 19.2 Å². The molecule has 18 heavy (non-hydrogen) atoms. The van der Waals surface area contributed by atoms with Gasteiger partial charge in [-0.2, -0.15) is 0 Å². The van der Waals surface area contributed by atoms with Gasteiger partial charge in [0.2, 0.25) is 0 Å². The number of hydrogen-bond donors (Lipinski definition) is 1. The maximum atomic E-state index is 5.65. The minimum Gasteiger partial charge on any atom is -0.464 e. The van der Waals surface area contributed by atoms with E-state index in [1.54, 1.807) is 12.5 Å². The van der Waals surface area contributed by atoms with E-state index in [0.29, 0.717) is 0 Å². The molecule has 0 aliphatic carbocycles. The largest absolute Gasteiger partial charge is 0.464 e. The van der Waals surface area contributed by atoms with Crippen LogP contribution in [-0.2, 0) is 6.42 Å². The van der Waals surface area contributed by atoms with Crippen LogP contribution in [-0.4, -0.2) is 13.6 Å². The first kappa shape index (κ1) is 11.8. The smallest absolute Gasteiger partial charge is 0.149 e. The van der Waals surface area contributed by atoms with Gasteiger partial charge in [-0.1, -0.05) is 0 Å². The molecule has 94 valence electrons. The molecule has 0 atom stereocenters. The third-order valence-electron chi connectivity index (χ3n) is 3.22. The highest BCUT2D eigenvalue weighted by atomic mass is 79.9. The third-order valence-corrected chi connectivity index (χ3v) is 4.01. The quantitative estimate of drug-likeness (QED) is 0.738. The van der Waals surface area contributed by atoms with Crippen molar-refractivity contribution in [3.05, 3.63) is 34.7 Å². The average Bonchev–Trinajstić information content (AvgIpc) is 3.02. The average molecular weight is 308 g/mol. The molecule has 3 rings (SSSR count). The monoisotopic (exact) mass is 307 g/mol. The third kappa shape index (κ3) is 1.76. The lowest BCUT2D eigenvalue weighted by Gasteiger charge is -2.06. The molecule has 4 heteroatoms. The van der Waals surface area contributed by atoms with Crippen LogP contribution < -0.4 is 5.32 Å². The summed E-state index contributed by atoms with van der Waals surface area (Å²) < 4.78 is 12.2. The number of hydrogen-bond acceptors (Lipinski definition) is 3. The van der Waals surface area contributed by atoms with Gasteiger partial charge in [0.05, 0.1) is 17.0 Å². The van der Waals surface area contributed by atoms with Crippen LogP contribution in [0.4, 0.5) is 0 Å². The van der Waals surface area contributed by atoms with E-state index >= 15 is 0 Å². The minimum atomic E-state index is 0.906. The molecule has 2 aromatic heterocycles. The topological polar surface area (TPSA) is 38.3 Å². The van der Waals surface area contributed by atoms with Crippen LogP contribution in [0.5, 0.6) is 0 Å². The second-order valence-electron chi connectivity index (χ2n) is 4.33. The summed E-state index contributed by atoms with van der Waals surface area (Å²) in [6.45, 7) is 0.998. The lowest BCUT2D eigenvalue weighted by atomic mass is 10.0. The Bertz CT molecular complexity index is 632. The summed E-state index contributed by atoms with van der Waals surface area (Å²) in [5, 5.41) is 5.39. The van der Waals surface area contributed by atoms with E-state index in [4.69, 9.17) is 8.83 Å². The lowest BCUT2D eigenvalue weighted by molar-refractivity contribution is 0.605. The van der Waals surface area contributed by atoms with Gasteiger partial charge in [-0.15, -0.1) is 0 Å². The van der Waals surface area contributed by atoms with Gasteiger partial charge in [-0.3, -0.25) is 0 Å². The Labute approximate surface area is 113 Å². The fourth-order valence-corrected chi connectivity index (χ4v) is 2.99. The standard InChI is InChI=1S/C14H14BrNO2/c1-16-6-2-3-9-10-4-7-18-14(10)12(15)11-5-8-17-13(9)11/h4-5,7-8,16H,2-3,6H2,1H3. The molecular weight excluding hydrogens is 294 g/mol. The molecule has 0 radical (unpaired) electrons. The van der Waals surface area contributed by atoms with E-state index in [-0.39, 0.29) is 0 Å². The van der Waals surface area contributed by atoms with E-state index in [9.17, 15) is 0 Å². The fourth-order valence-electron chi connectivity index (χ4n) is 2.37. The molecule has 2 heterocycles. The van der Waals surface area contributed by atoms with Crippen molar-refractivity contribution >= 4 is 37.9 Å². The van der Waals surface area contributed by atoms with Gasteiger partial charge >= 0.3 is 0 Å². The van der Waals surface area contributed by atoms with Crippen molar-refractivity contribution in [3.63, 3.8) is 0 Å². The fraction of sp³-hybridized carbons (Fsp3) is 0.286. The first-order valence-electron chi connectivity index (χ1n) is 6.02. The van der Waals surface area contributed by atoms with Crippen LogP contribution in [0.25, 0.3) is 21.9 Å². The highest BCUT2D eigenvalue weighted by Crippen LogP contribution is 2.38. The Morgan fingerprint density at radius 3 is 2.61 bits per heavy atom. The summed E-state index contributed by atoms with van der Waals surface area (Å²) >= 11 is 3.59. The van der Waals surface area contributed by atoms with Gasteiger partial charge in [-0.05, 0) is 54.5 Å². The van der Waals surface area contributed by atoms with Gasteiger partial charge < -0.3 is 14.2 Å². The zero-order chi connectivity index (χ0) is 12.5. The van der Waals surface area contributed by atoms with Crippen LogP contribution in [0, 0.1) is 0 Å². The molecule has 1 aromatic carbocycles. The summed E-state index contributed by atoms with van der Waals surface area (Å²) in [6, 6.07) is 3.99. The molecule has 0 aliphatic rings. The summed E-state index contributed by atoms with van der Waals surface area (Å²) in [7, 11) is 1.97. The second-order valence-corrected chi connectivity index (χ2v) is 5.12. The van der Waals surface area contributed by atoms with Gasteiger partial charge in [0.25, 0.3) is 0 Å². The van der Waals surface area contributed by atoms with Crippen molar-refractivity contribution in [2.75, 3.05) is 13.6 Å². The zero-order valence-corrected chi connectivity index (χ0v) is 11.7. The molecule has 0 aliphatic heterocycles. The van der Waals surface area contributed by atoms with Crippen molar-refractivity contribution in [3.8, 4) is 0 Å². The molecule has 0 unspecified atom stereocenters. The number of aryl methyl sites for hydroxylation is 1. The van der Waals surface area contributed by atoms with Gasteiger partial charge in [0, 0.05) is 16.3 Å². The Balaban J connectivity index is 2.20. The van der Waals surface area contributed by atoms with E-state index in [2.05, 4.69) is 21.2 Å². The van der Waals surface area contributed by atoms with Crippen LogP contribution >= 0.6 is 15.9 Å². The molecule has 0 saturated carbocycles. The summed E-state index contributed by atoms with van der Waals surface area (Å²) in [6.07, 6.45) is 5.52. The molecule has 0 spiro atoms. The molecule has 3 aromatic rings. The zero-order valence-electron chi connectivity index (χ0n) is 10.1. The first-order chi connectivity index (χ1) is 8.83. The molecule has 0 saturated heterocycles. The Hall–Kier alpha value is -1.26. The molecule has 3 nitrogen and oxygen atoms in total. The van der Waals surface area contributed by atoms with Crippen LogP contribution in [0.15, 0.2) is 38.0 Å². The Morgan fingerprint density at radius 1 is 1.11 bits per heavy atom. The van der Waals surface area contributed by atoms with Crippen LogP contribution in [0.2, 0.25) is 0 Å². The Morgan fingerprint density at radius 2 is 1.83 bits per heavy atom. The lowest BCUT2D eigenvalue weighted by Crippen LogP contribution is -2.08. The highest BCUT2D eigenvalue weighted by Gasteiger charge is 2.16.